The molecule has 0 atom stereocenters. The highest BCUT2D eigenvalue weighted by Crippen LogP contribution is 2.26. The Labute approximate surface area is 200 Å². The van der Waals surface area contributed by atoms with Crippen LogP contribution >= 0.6 is 11.6 Å². The first-order chi connectivity index (χ1) is 16.3. The fraction of sp³-hybridized carbons (Fsp3) is 0.0870. The molecule has 11 heteroatoms. The van der Waals surface area contributed by atoms with Gasteiger partial charge in [0.15, 0.2) is 5.69 Å². The van der Waals surface area contributed by atoms with Crippen molar-refractivity contribution >= 4 is 38.3 Å². The van der Waals surface area contributed by atoms with Gasteiger partial charge in [-0.15, -0.1) is 4.83 Å². The number of benzene rings is 3. The van der Waals surface area contributed by atoms with Crippen molar-refractivity contribution in [2.45, 2.75) is 11.4 Å². The fourth-order valence-corrected chi connectivity index (χ4v) is 4.50. The summed E-state index contributed by atoms with van der Waals surface area (Å²) >= 11 is 6.01. The van der Waals surface area contributed by atoms with E-state index in [1.807, 2.05) is 35.2 Å². The summed E-state index contributed by atoms with van der Waals surface area (Å²) in [6.07, 6.45) is 0. The van der Waals surface area contributed by atoms with Crippen molar-refractivity contribution in [2.24, 2.45) is 0 Å². The minimum Gasteiger partial charge on any atom is -0.495 e. The Bertz CT molecular complexity index is 1540. The summed E-state index contributed by atoms with van der Waals surface area (Å²) in [7, 11) is -2.74. The topological polar surface area (TPSA) is 119 Å². The van der Waals surface area contributed by atoms with Crippen LogP contribution in [0.5, 0.6) is 5.75 Å². The number of methoxy groups -OCH3 is 1. The Kier molecular flexibility index (Phi) is 6.64. The van der Waals surface area contributed by atoms with Gasteiger partial charge < -0.3 is 4.74 Å². The number of halogens is 1. The number of sulfonamides is 1. The van der Waals surface area contributed by atoms with Crippen LogP contribution < -0.4 is 20.6 Å². The third-order valence-corrected chi connectivity index (χ3v) is 6.53. The Morgan fingerprint density at radius 2 is 1.71 bits per heavy atom. The summed E-state index contributed by atoms with van der Waals surface area (Å²) in [4.78, 5) is 27.7. The van der Waals surface area contributed by atoms with Gasteiger partial charge in [-0.05, 0) is 29.8 Å². The van der Waals surface area contributed by atoms with Gasteiger partial charge in [0.2, 0.25) is 0 Å². The maximum absolute atomic E-state index is 13.0. The van der Waals surface area contributed by atoms with Crippen molar-refractivity contribution in [3.63, 3.8) is 0 Å². The lowest BCUT2D eigenvalue weighted by molar-refractivity contribution is 0.0939. The van der Waals surface area contributed by atoms with Crippen molar-refractivity contribution in [3.8, 4) is 5.75 Å². The second-order valence-corrected chi connectivity index (χ2v) is 9.29. The Hall–Kier alpha value is -3.73. The van der Waals surface area contributed by atoms with E-state index in [2.05, 4.69) is 10.5 Å². The number of nitrogens with zero attached hydrogens (tertiary/aromatic N) is 2. The standard InChI is InChI=1S/C23H19ClN4O5S/c1-33-20-12-11-16(13-19(20)24)34(31,32)27-25-22(29)21-17-9-5-6-10-18(17)23(30)28(26-21)14-15-7-3-2-4-8-15/h2-13,27H,14H2,1H3,(H,25,29). The number of hydrogen-bond acceptors (Lipinski definition) is 6. The van der Waals surface area contributed by atoms with Crippen molar-refractivity contribution in [2.75, 3.05) is 7.11 Å². The quantitative estimate of drug-likeness (QED) is 0.378. The molecule has 1 aromatic heterocycles. The fourth-order valence-electron chi connectivity index (χ4n) is 3.31. The van der Waals surface area contributed by atoms with Crippen LogP contribution in [-0.2, 0) is 16.6 Å². The number of aromatic nitrogens is 2. The number of carbonyl (C=O) groups is 1. The average molecular weight is 499 g/mol. The molecule has 0 unspecified atom stereocenters. The molecule has 0 aliphatic carbocycles. The number of amides is 1. The summed E-state index contributed by atoms with van der Waals surface area (Å²) in [6, 6.07) is 19.5. The van der Waals surface area contributed by atoms with E-state index in [0.717, 1.165) is 5.56 Å². The predicted octanol–water partition coefficient (Wildman–Crippen LogP) is 2.73. The van der Waals surface area contributed by atoms with Gasteiger partial charge in [-0.25, -0.2) is 13.1 Å². The van der Waals surface area contributed by atoms with Gasteiger partial charge in [0.05, 0.1) is 29.0 Å². The van der Waals surface area contributed by atoms with Gasteiger partial charge in [-0.2, -0.15) is 5.10 Å². The lowest BCUT2D eigenvalue weighted by Gasteiger charge is -2.13. The Balaban J connectivity index is 1.65. The molecule has 2 N–H and O–H groups in total. The molecule has 0 spiro atoms. The summed E-state index contributed by atoms with van der Waals surface area (Å²) in [5, 5.41) is 4.89. The van der Waals surface area contributed by atoms with Crippen molar-refractivity contribution in [1.29, 1.82) is 0 Å². The number of hydrazine groups is 1. The molecule has 3 aromatic carbocycles. The van der Waals surface area contributed by atoms with Crippen LogP contribution in [0.15, 0.2) is 82.5 Å². The smallest absolute Gasteiger partial charge is 0.287 e. The van der Waals surface area contributed by atoms with E-state index in [1.165, 1.54) is 30.0 Å². The molecule has 34 heavy (non-hydrogen) atoms. The highest BCUT2D eigenvalue weighted by Gasteiger charge is 2.21. The zero-order valence-electron chi connectivity index (χ0n) is 17.9. The highest BCUT2D eigenvalue weighted by molar-refractivity contribution is 7.89. The van der Waals surface area contributed by atoms with Gasteiger partial charge in [0.1, 0.15) is 5.75 Å². The number of hydrogen-bond donors (Lipinski definition) is 2. The lowest BCUT2D eigenvalue weighted by Crippen LogP contribution is -2.42. The summed E-state index contributed by atoms with van der Waals surface area (Å²) in [5.41, 5.74) is 2.49. The first-order valence-electron chi connectivity index (χ1n) is 9.99. The average Bonchev–Trinajstić information content (AvgIpc) is 2.85. The molecule has 174 valence electrons. The number of ether oxygens (including phenoxy) is 1. The third kappa shape index (κ3) is 4.79. The third-order valence-electron chi connectivity index (χ3n) is 4.99. The number of rotatable bonds is 7. The lowest BCUT2D eigenvalue weighted by atomic mass is 10.1. The second-order valence-electron chi connectivity index (χ2n) is 7.20. The zero-order valence-corrected chi connectivity index (χ0v) is 19.4. The number of carbonyl (C=O) groups excluding carboxylic acids is 1. The van der Waals surface area contributed by atoms with Gasteiger partial charge in [0.25, 0.3) is 21.5 Å². The first kappa shape index (κ1) is 23.4. The predicted molar refractivity (Wildman–Crippen MR) is 127 cm³/mol. The molecule has 9 nitrogen and oxygen atoms in total. The van der Waals surface area contributed by atoms with Crippen LogP contribution in [0.2, 0.25) is 5.02 Å². The van der Waals surface area contributed by atoms with Crippen LogP contribution in [0.3, 0.4) is 0 Å². The number of fused-ring (bicyclic) bond motifs is 1. The molecule has 1 amide bonds. The normalized spacial score (nSPS) is 11.4. The largest absolute Gasteiger partial charge is 0.495 e. The van der Waals surface area contributed by atoms with Crippen LogP contribution in [0, 0.1) is 0 Å². The van der Waals surface area contributed by atoms with Crippen LogP contribution in [0.1, 0.15) is 16.1 Å². The molecule has 1 heterocycles. The Morgan fingerprint density at radius 1 is 1.03 bits per heavy atom. The van der Waals surface area contributed by atoms with Gasteiger partial charge >= 0.3 is 0 Å². The molecule has 4 rings (SSSR count). The summed E-state index contributed by atoms with van der Waals surface area (Å²) in [5.74, 6) is -0.526. The van der Waals surface area contributed by atoms with E-state index in [1.54, 1.807) is 24.3 Å². The highest BCUT2D eigenvalue weighted by atomic mass is 35.5. The van der Waals surface area contributed by atoms with Crippen molar-refractivity contribution < 1.29 is 17.9 Å². The van der Waals surface area contributed by atoms with E-state index in [4.69, 9.17) is 16.3 Å². The van der Waals surface area contributed by atoms with Gasteiger partial charge in [0, 0.05) is 5.39 Å². The van der Waals surface area contributed by atoms with Gasteiger partial charge in [-0.1, -0.05) is 60.1 Å². The van der Waals surface area contributed by atoms with E-state index < -0.39 is 15.9 Å². The second kappa shape index (κ2) is 9.64. The molecule has 0 aliphatic rings. The maximum atomic E-state index is 13.0. The van der Waals surface area contributed by atoms with Crippen molar-refractivity contribution in [1.82, 2.24) is 20.0 Å². The summed E-state index contributed by atoms with van der Waals surface area (Å²) in [6.45, 7) is 0.140. The van der Waals surface area contributed by atoms with E-state index in [0.29, 0.717) is 11.1 Å². The van der Waals surface area contributed by atoms with E-state index in [-0.39, 0.29) is 33.1 Å². The summed E-state index contributed by atoms with van der Waals surface area (Å²) < 4.78 is 31.5. The van der Waals surface area contributed by atoms with Gasteiger partial charge in [-0.3, -0.25) is 15.0 Å². The SMILES string of the molecule is COc1ccc(S(=O)(=O)NNC(=O)c2nn(Cc3ccccc3)c(=O)c3ccccc23)cc1Cl. The maximum Gasteiger partial charge on any atom is 0.287 e. The van der Waals surface area contributed by atoms with Crippen LogP contribution in [0.25, 0.3) is 10.8 Å². The molecule has 0 bridgehead atoms. The minimum atomic E-state index is -4.15. The zero-order chi connectivity index (χ0) is 24.3. The number of nitrogens with one attached hydrogen (secondary N) is 2. The molecule has 0 fully saturated rings. The Morgan fingerprint density at radius 3 is 2.38 bits per heavy atom. The molecular formula is C23H19ClN4O5S. The van der Waals surface area contributed by atoms with E-state index >= 15 is 0 Å². The van der Waals surface area contributed by atoms with E-state index in [9.17, 15) is 18.0 Å². The first-order valence-corrected chi connectivity index (χ1v) is 11.9. The molecule has 0 radical (unpaired) electrons. The molecule has 0 saturated carbocycles. The molecule has 0 saturated heterocycles. The van der Waals surface area contributed by atoms with Crippen molar-refractivity contribution in [3.05, 3.63) is 99.4 Å². The molecule has 0 aliphatic heterocycles. The van der Waals surface area contributed by atoms with Crippen LogP contribution in [-0.4, -0.2) is 31.2 Å². The molecule has 4 aromatic rings. The molecular weight excluding hydrogens is 480 g/mol. The minimum absolute atomic E-state index is 0.0948. The monoisotopic (exact) mass is 498 g/mol. The van der Waals surface area contributed by atoms with Crippen LogP contribution in [0.4, 0.5) is 0 Å².